The molecule has 15 heavy (non-hydrogen) atoms. The minimum absolute atomic E-state index is 0.344. The van der Waals surface area contributed by atoms with E-state index in [2.05, 4.69) is 0 Å². The van der Waals surface area contributed by atoms with Crippen molar-refractivity contribution in [3.8, 4) is 0 Å². The highest BCUT2D eigenvalue weighted by atomic mass is 16.4. The minimum atomic E-state index is -1.19. The standard InChI is InChI=1S/C10H22NO4/c1-5-7(12)6(11(2,3)4)9(14)10(15)8(5)13/h5-10,12-15H,1-4H3/q+1/t5?,6?,7-,8?,9?,10?/m1/s1. The summed E-state index contributed by atoms with van der Waals surface area (Å²) >= 11 is 0. The third-order valence-corrected chi connectivity index (χ3v) is 3.37. The van der Waals surface area contributed by atoms with Gasteiger partial charge in [0.25, 0.3) is 0 Å². The Morgan fingerprint density at radius 1 is 0.733 bits per heavy atom. The van der Waals surface area contributed by atoms with E-state index in [0.717, 1.165) is 0 Å². The molecule has 1 fully saturated rings. The van der Waals surface area contributed by atoms with Crippen molar-refractivity contribution in [2.75, 3.05) is 21.1 Å². The summed E-state index contributed by atoms with van der Waals surface area (Å²) in [4.78, 5) is 0. The van der Waals surface area contributed by atoms with Gasteiger partial charge in [-0.2, -0.15) is 0 Å². The van der Waals surface area contributed by atoms with Gasteiger partial charge in [-0.3, -0.25) is 0 Å². The van der Waals surface area contributed by atoms with Crippen LogP contribution in [0.4, 0.5) is 0 Å². The molecule has 1 rings (SSSR count). The lowest BCUT2D eigenvalue weighted by molar-refractivity contribution is -0.906. The molecule has 0 aromatic heterocycles. The molecule has 1 aliphatic carbocycles. The van der Waals surface area contributed by atoms with Crippen LogP contribution in [0.2, 0.25) is 0 Å². The Hall–Kier alpha value is -0.200. The van der Waals surface area contributed by atoms with E-state index in [1.54, 1.807) is 6.92 Å². The minimum Gasteiger partial charge on any atom is -0.390 e. The normalized spacial score (nSPS) is 48.0. The Morgan fingerprint density at radius 2 is 1.20 bits per heavy atom. The van der Waals surface area contributed by atoms with Crippen LogP contribution in [-0.4, -0.2) is 76.5 Å². The van der Waals surface area contributed by atoms with E-state index in [-0.39, 0.29) is 0 Å². The molecule has 0 radical (unpaired) electrons. The van der Waals surface area contributed by atoms with E-state index in [1.165, 1.54) is 0 Å². The number of rotatable bonds is 1. The van der Waals surface area contributed by atoms with Crippen LogP contribution in [0.5, 0.6) is 0 Å². The second kappa shape index (κ2) is 3.99. The van der Waals surface area contributed by atoms with Gasteiger partial charge in [0.1, 0.15) is 24.4 Å². The van der Waals surface area contributed by atoms with Gasteiger partial charge >= 0.3 is 0 Å². The summed E-state index contributed by atoms with van der Waals surface area (Å²) in [5, 5.41) is 39.1. The maximum absolute atomic E-state index is 9.98. The predicted molar refractivity (Wildman–Crippen MR) is 55.0 cm³/mol. The Morgan fingerprint density at radius 3 is 1.60 bits per heavy atom. The van der Waals surface area contributed by atoms with Crippen molar-refractivity contribution < 1.29 is 24.9 Å². The molecule has 0 aromatic rings. The summed E-state index contributed by atoms with van der Waals surface area (Å²) in [6.07, 6.45) is -4.19. The smallest absolute Gasteiger partial charge is 0.144 e. The topological polar surface area (TPSA) is 80.9 Å². The van der Waals surface area contributed by atoms with Crippen LogP contribution in [0, 0.1) is 5.92 Å². The molecule has 90 valence electrons. The number of aliphatic hydroxyl groups is 4. The van der Waals surface area contributed by atoms with Gasteiger partial charge in [-0.1, -0.05) is 6.92 Å². The molecular formula is C10H22NO4+. The van der Waals surface area contributed by atoms with E-state index < -0.39 is 36.4 Å². The van der Waals surface area contributed by atoms with Gasteiger partial charge in [-0.25, -0.2) is 0 Å². The van der Waals surface area contributed by atoms with E-state index in [1.807, 2.05) is 21.1 Å². The fourth-order valence-electron chi connectivity index (χ4n) is 2.35. The number of hydrogen-bond acceptors (Lipinski definition) is 4. The Kier molecular flexibility index (Phi) is 3.42. The lowest BCUT2D eigenvalue weighted by Gasteiger charge is -2.48. The highest BCUT2D eigenvalue weighted by Gasteiger charge is 2.52. The van der Waals surface area contributed by atoms with Crippen molar-refractivity contribution in [1.82, 2.24) is 0 Å². The largest absolute Gasteiger partial charge is 0.390 e. The van der Waals surface area contributed by atoms with Crippen LogP contribution in [0.3, 0.4) is 0 Å². The molecular weight excluding hydrogens is 198 g/mol. The SMILES string of the molecule is CC1C(O)C(O)C(O)C([N+](C)(C)C)[C@@H]1O. The zero-order valence-electron chi connectivity index (χ0n) is 9.70. The first-order chi connectivity index (χ1) is 6.68. The third-order valence-electron chi connectivity index (χ3n) is 3.37. The molecule has 5 unspecified atom stereocenters. The van der Waals surface area contributed by atoms with Gasteiger partial charge in [-0.05, 0) is 0 Å². The number of likely N-dealkylation sites (N-methyl/N-ethyl adjacent to an activating group) is 1. The van der Waals surface area contributed by atoms with Crippen LogP contribution < -0.4 is 0 Å². The Balaban J connectivity index is 2.97. The first-order valence-electron chi connectivity index (χ1n) is 5.21. The fraction of sp³-hybridized carbons (Fsp3) is 1.00. The zero-order valence-corrected chi connectivity index (χ0v) is 9.70. The summed E-state index contributed by atoms with van der Waals surface area (Å²) in [6, 6.07) is -0.488. The van der Waals surface area contributed by atoms with Crippen LogP contribution in [-0.2, 0) is 0 Å². The zero-order chi connectivity index (χ0) is 12.0. The molecule has 1 aliphatic rings. The average Bonchev–Trinajstić information content (AvgIpc) is 2.09. The summed E-state index contributed by atoms with van der Waals surface area (Å²) in [7, 11) is 5.52. The van der Waals surface area contributed by atoms with Gasteiger partial charge in [0.05, 0.1) is 27.2 Å². The number of aliphatic hydroxyl groups excluding tert-OH is 4. The maximum Gasteiger partial charge on any atom is 0.144 e. The van der Waals surface area contributed by atoms with Crippen LogP contribution in [0.1, 0.15) is 6.92 Å². The summed E-state index contributed by atoms with van der Waals surface area (Å²) in [5.41, 5.74) is 0. The lowest BCUT2D eigenvalue weighted by atomic mass is 9.77. The number of nitrogens with zero attached hydrogens (tertiary/aromatic N) is 1. The van der Waals surface area contributed by atoms with E-state index >= 15 is 0 Å². The molecule has 0 amide bonds. The highest BCUT2D eigenvalue weighted by molar-refractivity contribution is 4.97. The Bertz CT molecular complexity index is 212. The van der Waals surface area contributed by atoms with Gasteiger partial charge in [0.2, 0.25) is 0 Å². The lowest BCUT2D eigenvalue weighted by Crippen LogP contribution is -2.69. The van der Waals surface area contributed by atoms with E-state index in [0.29, 0.717) is 4.48 Å². The molecule has 4 N–H and O–H groups in total. The molecule has 0 bridgehead atoms. The van der Waals surface area contributed by atoms with Gasteiger partial charge in [0.15, 0.2) is 0 Å². The molecule has 0 saturated heterocycles. The average molecular weight is 220 g/mol. The van der Waals surface area contributed by atoms with Crippen molar-refractivity contribution in [3.63, 3.8) is 0 Å². The van der Waals surface area contributed by atoms with Crippen LogP contribution >= 0.6 is 0 Å². The first kappa shape index (κ1) is 12.9. The highest BCUT2D eigenvalue weighted by Crippen LogP contribution is 2.30. The van der Waals surface area contributed by atoms with Gasteiger partial charge in [-0.15, -0.1) is 0 Å². The predicted octanol–water partition coefficient (Wildman–Crippen LogP) is -1.85. The summed E-state index contributed by atoms with van der Waals surface area (Å²) in [5.74, 6) is -0.439. The molecule has 0 aromatic carbocycles. The number of hydrogen-bond donors (Lipinski definition) is 4. The van der Waals surface area contributed by atoms with Gasteiger partial charge in [0, 0.05) is 5.92 Å². The molecule has 0 spiro atoms. The number of quaternary nitrogens is 1. The maximum atomic E-state index is 9.98. The summed E-state index contributed by atoms with van der Waals surface area (Å²) in [6.45, 7) is 1.67. The van der Waals surface area contributed by atoms with E-state index in [4.69, 9.17) is 0 Å². The molecule has 0 heterocycles. The van der Waals surface area contributed by atoms with Crippen LogP contribution in [0.15, 0.2) is 0 Å². The first-order valence-corrected chi connectivity index (χ1v) is 5.21. The van der Waals surface area contributed by atoms with Gasteiger partial charge < -0.3 is 24.9 Å². The van der Waals surface area contributed by atoms with Crippen molar-refractivity contribution >= 4 is 0 Å². The molecule has 0 aliphatic heterocycles. The van der Waals surface area contributed by atoms with E-state index in [9.17, 15) is 20.4 Å². The van der Waals surface area contributed by atoms with Crippen molar-refractivity contribution in [3.05, 3.63) is 0 Å². The second-order valence-electron chi connectivity index (χ2n) is 5.43. The van der Waals surface area contributed by atoms with Crippen molar-refractivity contribution in [1.29, 1.82) is 0 Å². The third kappa shape index (κ3) is 2.16. The monoisotopic (exact) mass is 220 g/mol. The van der Waals surface area contributed by atoms with Crippen molar-refractivity contribution in [2.24, 2.45) is 5.92 Å². The quantitative estimate of drug-likeness (QED) is 0.391. The molecule has 5 heteroatoms. The molecule has 6 atom stereocenters. The van der Waals surface area contributed by atoms with Crippen LogP contribution in [0.25, 0.3) is 0 Å². The Labute approximate surface area is 90.2 Å². The second-order valence-corrected chi connectivity index (χ2v) is 5.43. The molecule has 5 nitrogen and oxygen atoms in total. The molecule has 1 saturated carbocycles. The van der Waals surface area contributed by atoms with Crippen molar-refractivity contribution in [2.45, 2.75) is 37.4 Å². The summed E-state index contributed by atoms with van der Waals surface area (Å²) < 4.78 is 0.344. The fourth-order valence-corrected chi connectivity index (χ4v) is 2.35.